The predicted octanol–water partition coefficient (Wildman–Crippen LogP) is -0.0508. The maximum atomic E-state index is 10.1. The molecule has 0 amide bonds. The molecule has 0 saturated heterocycles. The van der Waals surface area contributed by atoms with Gasteiger partial charge in [0.25, 0.3) is 0 Å². The molecule has 0 aromatic rings. The number of carboxylic acid groups (broad SMARTS) is 2. The van der Waals surface area contributed by atoms with Crippen LogP contribution in [0.15, 0.2) is 0 Å². The van der Waals surface area contributed by atoms with E-state index in [0.29, 0.717) is 0 Å². The molecule has 17 heavy (non-hydrogen) atoms. The van der Waals surface area contributed by atoms with Crippen molar-refractivity contribution in [2.45, 2.75) is 38.3 Å². The van der Waals surface area contributed by atoms with Gasteiger partial charge in [0, 0.05) is 12.8 Å². The number of aliphatic hydroxyl groups is 2. The molecule has 0 aliphatic rings. The van der Waals surface area contributed by atoms with E-state index in [4.69, 9.17) is 20.4 Å². The molecule has 0 aliphatic carbocycles. The summed E-state index contributed by atoms with van der Waals surface area (Å²) < 4.78 is 9.10. The Morgan fingerprint density at radius 3 is 1.59 bits per heavy atom. The van der Waals surface area contributed by atoms with Crippen molar-refractivity contribution in [3.8, 4) is 0 Å². The van der Waals surface area contributed by atoms with Crippen molar-refractivity contribution in [1.29, 1.82) is 0 Å². The molecule has 4 N–H and O–H groups in total. The number of aliphatic carboxylic acids is 2. The van der Waals surface area contributed by atoms with E-state index in [9.17, 15) is 9.59 Å². The number of carbonyl (C=O) groups is 2. The molecule has 0 aromatic carbocycles. The summed E-state index contributed by atoms with van der Waals surface area (Å²) in [5.41, 5.74) is 0. The highest BCUT2D eigenvalue weighted by Gasteiger charge is 2.12. The maximum Gasteiger partial charge on any atom is 0.303 e. The Morgan fingerprint density at radius 1 is 0.941 bits per heavy atom. The van der Waals surface area contributed by atoms with E-state index < -0.39 is 24.5 Å². The Bertz CT molecular complexity index is 222. The van der Waals surface area contributed by atoms with E-state index in [1.807, 2.05) is 0 Å². The van der Waals surface area contributed by atoms with E-state index in [0.717, 1.165) is 0 Å². The lowest BCUT2D eigenvalue weighted by Gasteiger charge is -2.11. The quantitative estimate of drug-likeness (QED) is 0.318. The minimum Gasteiger partial charge on any atom is -0.481 e. The van der Waals surface area contributed by atoms with Crippen molar-refractivity contribution in [2.24, 2.45) is 0 Å². The van der Waals surface area contributed by atoms with E-state index >= 15 is 0 Å². The second kappa shape index (κ2) is 9.19. The summed E-state index contributed by atoms with van der Waals surface area (Å²) in [4.78, 5) is 20.3. The zero-order valence-corrected chi connectivity index (χ0v) is 9.63. The number of rotatable bonds is 10. The molecule has 0 radical (unpaired) electrons. The molecule has 0 bridgehead atoms. The fourth-order valence-electron chi connectivity index (χ4n) is 0.703. The minimum atomic E-state index is -1.33. The lowest BCUT2D eigenvalue weighted by Crippen LogP contribution is -2.14. The lowest BCUT2D eigenvalue weighted by molar-refractivity contribution is -0.139. The fraction of sp³-hybridized carbons (Fsp3) is 0.750. The van der Waals surface area contributed by atoms with E-state index in [-0.39, 0.29) is 38.0 Å². The van der Waals surface area contributed by atoms with Gasteiger partial charge in [0.05, 0.1) is 12.8 Å². The van der Waals surface area contributed by atoms with Crippen LogP contribution in [0, 0.1) is 0 Å². The number of hydrogen-bond donors (Lipinski definition) is 4. The van der Waals surface area contributed by atoms with Gasteiger partial charge in [-0.25, -0.2) is 0 Å². The molecule has 8 nitrogen and oxygen atoms in total. The van der Waals surface area contributed by atoms with Crippen LogP contribution in [0.3, 0.4) is 0 Å². The first-order chi connectivity index (χ1) is 7.91. The Balaban J connectivity index is 3.48. The first-order valence-electron chi connectivity index (χ1n) is 4.70. The predicted molar refractivity (Wildman–Crippen MR) is 55.5 cm³/mol. The second-order valence-electron chi connectivity index (χ2n) is 3.03. The first kappa shape index (κ1) is 16.1. The Kier molecular flexibility index (Phi) is 8.72. The molecule has 0 aliphatic heterocycles. The van der Waals surface area contributed by atoms with Crippen LogP contribution in [0.25, 0.3) is 0 Å². The van der Waals surface area contributed by atoms with Crippen molar-refractivity contribution in [3.05, 3.63) is 0 Å². The van der Waals surface area contributed by atoms with E-state index in [1.54, 1.807) is 0 Å². The van der Waals surface area contributed by atoms with E-state index in [2.05, 4.69) is 8.37 Å². The van der Waals surface area contributed by atoms with Gasteiger partial charge in [-0.2, -0.15) is 0 Å². The standard InChI is InChI=1S/C8H14O8S/c9-5(10)1-3-7(13)15-17-16-8(14)4-2-6(11)12/h7-8,13-14H,1-4H2,(H,9,10)(H,11,12)/t7-,8+. The van der Waals surface area contributed by atoms with Crippen LogP contribution in [-0.2, 0) is 18.0 Å². The highest BCUT2D eigenvalue weighted by Crippen LogP contribution is 2.15. The van der Waals surface area contributed by atoms with Crippen molar-refractivity contribution in [1.82, 2.24) is 0 Å². The SMILES string of the molecule is O=C(O)CC[C@@H](O)OSO[C@@H](O)CCC(=O)O. The summed E-state index contributed by atoms with van der Waals surface area (Å²) in [5.74, 6) is -2.14. The van der Waals surface area contributed by atoms with Gasteiger partial charge in [0.2, 0.25) is 0 Å². The molecular weight excluding hydrogens is 256 g/mol. The van der Waals surface area contributed by atoms with Crippen LogP contribution in [0.1, 0.15) is 25.7 Å². The van der Waals surface area contributed by atoms with Gasteiger partial charge in [-0.05, 0) is 0 Å². The highest BCUT2D eigenvalue weighted by atomic mass is 32.2. The second-order valence-corrected chi connectivity index (χ2v) is 3.56. The normalized spacial score (nSPS) is 14.2. The van der Waals surface area contributed by atoms with E-state index in [1.165, 1.54) is 0 Å². The van der Waals surface area contributed by atoms with Crippen molar-refractivity contribution < 1.29 is 38.4 Å². The summed E-state index contributed by atoms with van der Waals surface area (Å²) >= 11 is 0.287. The summed E-state index contributed by atoms with van der Waals surface area (Å²) in [6, 6.07) is 0. The summed E-state index contributed by atoms with van der Waals surface area (Å²) in [5, 5.41) is 34.7. The van der Waals surface area contributed by atoms with Gasteiger partial charge >= 0.3 is 11.9 Å². The smallest absolute Gasteiger partial charge is 0.303 e. The number of carboxylic acids is 2. The molecular formula is C8H14O8S. The third-order valence-electron chi connectivity index (χ3n) is 1.51. The molecule has 0 fully saturated rings. The van der Waals surface area contributed by atoms with Gasteiger partial charge in [-0.1, -0.05) is 0 Å². The zero-order valence-electron chi connectivity index (χ0n) is 8.81. The van der Waals surface area contributed by atoms with Gasteiger partial charge in [-0.15, -0.1) is 0 Å². The molecule has 2 atom stereocenters. The van der Waals surface area contributed by atoms with Crippen LogP contribution < -0.4 is 0 Å². The third-order valence-corrected chi connectivity index (χ3v) is 2.11. The Morgan fingerprint density at radius 2 is 1.29 bits per heavy atom. The van der Waals surface area contributed by atoms with Crippen LogP contribution in [0.2, 0.25) is 0 Å². The molecule has 0 saturated carbocycles. The zero-order chi connectivity index (χ0) is 13.3. The summed E-state index contributed by atoms with van der Waals surface area (Å²) in [6.07, 6.45) is -3.41. The van der Waals surface area contributed by atoms with Gasteiger partial charge in [0.15, 0.2) is 24.9 Å². The van der Waals surface area contributed by atoms with Crippen LogP contribution >= 0.6 is 12.3 Å². The van der Waals surface area contributed by atoms with Crippen molar-refractivity contribution >= 4 is 24.3 Å². The monoisotopic (exact) mass is 270 g/mol. The average Bonchev–Trinajstić information content (AvgIpc) is 2.23. The first-order valence-corrected chi connectivity index (χ1v) is 5.37. The lowest BCUT2D eigenvalue weighted by atomic mass is 10.3. The van der Waals surface area contributed by atoms with Gasteiger partial charge in [0.1, 0.15) is 0 Å². The maximum absolute atomic E-state index is 10.1. The minimum absolute atomic E-state index is 0.114. The highest BCUT2D eigenvalue weighted by molar-refractivity contribution is 7.89. The van der Waals surface area contributed by atoms with Gasteiger partial charge < -0.3 is 20.4 Å². The van der Waals surface area contributed by atoms with Gasteiger partial charge in [-0.3, -0.25) is 18.0 Å². The Hall–Kier alpha value is -0.870. The van der Waals surface area contributed by atoms with Crippen LogP contribution in [-0.4, -0.2) is 44.9 Å². The molecule has 0 aromatic heterocycles. The van der Waals surface area contributed by atoms with Crippen molar-refractivity contribution in [2.75, 3.05) is 0 Å². The molecule has 100 valence electrons. The van der Waals surface area contributed by atoms with Crippen LogP contribution in [0.5, 0.6) is 0 Å². The third kappa shape index (κ3) is 11.4. The summed E-state index contributed by atoms with van der Waals surface area (Å²) in [7, 11) is 0. The molecule has 0 heterocycles. The topological polar surface area (TPSA) is 134 Å². The number of aliphatic hydroxyl groups excluding tert-OH is 2. The number of hydrogen-bond acceptors (Lipinski definition) is 7. The summed E-state index contributed by atoms with van der Waals surface area (Å²) in [6.45, 7) is 0. The van der Waals surface area contributed by atoms with Crippen LogP contribution in [0.4, 0.5) is 0 Å². The molecule has 9 heteroatoms. The molecule has 0 rings (SSSR count). The molecule has 0 unspecified atom stereocenters. The van der Waals surface area contributed by atoms with Crippen molar-refractivity contribution in [3.63, 3.8) is 0 Å². The average molecular weight is 270 g/mol. The molecule has 0 spiro atoms. The fourth-order valence-corrected chi connectivity index (χ4v) is 1.12. The Labute approximate surface area is 102 Å². The largest absolute Gasteiger partial charge is 0.481 e.